The van der Waals surface area contributed by atoms with Gasteiger partial charge in [-0.25, -0.2) is 18.4 Å². The van der Waals surface area contributed by atoms with E-state index in [9.17, 15) is 28.6 Å². The summed E-state index contributed by atoms with van der Waals surface area (Å²) < 4.78 is 33.0. The van der Waals surface area contributed by atoms with Gasteiger partial charge in [-0.15, -0.1) is 0 Å². The maximum atomic E-state index is 13.9. The first-order chi connectivity index (χ1) is 16.3. The number of nitrogens with one attached hydrogen (secondary N) is 1. The smallest absolute Gasteiger partial charge is 0.407 e. The van der Waals surface area contributed by atoms with E-state index < -0.39 is 48.0 Å². The molecule has 4 N–H and O–H groups in total. The molecule has 3 aromatic rings. The van der Waals surface area contributed by atoms with Gasteiger partial charge in [0.2, 0.25) is 0 Å². The summed E-state index contributed by atoms with van der Waals surface area (Å²) in [5.74, 6) is -4.74. The molecule has 0 saturated heterocycles. The fourth-order valence-corrected chi connectivity index (χ4v) is 4.14. The van der Waals surface area contributed by atoms with Crippen LogP contribution in [0.4, 0.5) is 13.6 Å². The second-order valence-corrected chi connectivity index (χ2v) is 7.88. The zero-order valence-corrected chi connectivity index (χ0v) is 17.7. The maximum absolute atomic E-state index is 13.9. The summed E-state index contributed by atoms with van der Waals surface area (Å²) in [7, 11) is 0. The van der Waals surface area contributed by atoms with Gasteiger partial charge in [-0.3, -0.25) is 0 Å². The second kappa shape index (κ2) is 9.58. The molecule has 1 aliphatic rings. The Morgan fingerprint density at radius 2 is 1.47 bits per heavy atom. The number of benzene rings is 3. The predicted octanol–water partition coefficient (Wildman–Crippen LogP) is 3.60. The maximum Gasteiger partial charge on any atom is 0.407 e. The number of aliphatic hydroxyl groups is 2. The molecule has 1 amide bonds. The van der Waals surface area contributed by atoms with Crippen molar-refractivity contribution in [3.05, 3.63) is 94.6 Å². The highest BCUT2D eigenvalue weighted by Crippen LogP contribution is 2.44. The van der Waals surface area contributed by atoms with Crippen molar-refractivity contribution in [2.75, 3.05) is 13.2 Å². The third kappa shape index (κ3) is 4.48. The van der Waals surface area contributed by atoms with Crippen molar-refractivity contribution in [3.8, 4) is 11.1 Å². The molecular formula is C25H21F2NO6. The Kier molecular flexibility index (Phi) is 6.58. The molecule has 0 radical (unpaired) electrons. The number of halogens is 2. The number of fused-ring (bicyclic) bond motifs is 3. The Morgan fingerprint density at radius 1 is 0.941 bits per heavy atom. The van der Waals surface area contributed by atoms with Crippen LogP contribution >= 0.6 is 0 Å². The highest BCUT2D eigenvalue weighted by atomic mass is 19.1. The topological polar surface area (TPSA) is 116 Å². The van der Waals surface area contributed by atoms with Crippen LogP contribution in [0.1, 0.15) is 39.1 Å². The molecule has 0 bridgehead atoms. The number of carbonyl (C=O) groups is 2. The van der Waals surface area contributed by atoms with E-state index in [4.69, 9.17) is 9.84 Å². The zero-order valence-electron chi connectivity index (χ0n) is 17.7. The van der Waals surface area contributed by atoms with Gasteiger partial charge in [-0.2, -0.15) is 0 Å². The number of hydrogen-bond donors (Lipinski definition) is 4. The van der Waals surface area contributed by atoms with Gasteiger partial charge in [0.15, 0.2) is 0 Å². The van der Waals surface area contributed by atoms with Crippen LogP contribution < -0.4 is 5.32 Å². The van der Waals surface area contributed by atoms with E-state index in [0.29, 0.717) is 12.1 Å². The summed E-state index contributed by atoms with van der Waals surface area (Å²) in [6.45, 7) is -0.423. The summed E-state index contributed by atoms with van der Waals surface area (Å²) in [5, 5.41) is 31.4. The molecule has 9 heteroatoms. The molecule has 0 saturated carbocycles. The molecule has 0 heterocycles. The van der Waals surface area contributed by atoms with Crippen molar-refractivity contribution >= 4 is 12.1 Å². The average molecular weight is 469 g/mol. The normalized spacial score (nSPS) is 14.1. The van der Waals surface area contributed by atoms with Crippen LogP contribution in [0.3, 0.4) is 0 Å². The van der Waals surface area contributed by atoms with Crippen molar-refractivity contribution in [2.24, 2.45) is 0 Å². The Balaban J connectivity index is 1.35. The third-order valence-corrected chi connectivity index (χ3v) is 5.78. The molecule has 1 aliphatic carbocycles. The van der Waals surface area contributed by atoms with E-state index in [1.165, 1.54) is 0 Å². The van der Waals surface area contributed by atoms with Crippen LogP contribution in [-0.2, 0) is 4.74 Å². The fraction of sp³-hybridized carbons (Fsp3) is 0.200. The molecule has 0 aliphatic heterocycles. The largest absolute Gasteiger partial charge is 0.477 e. The molecule has 176 valence electrons. The summed E-state index contributed by atoms with van der Waals surface area (Å²) in [6.07, 6.45) is -4.25. The number of carbonyl (C=O) groups excluding carboxylic acids is 1. The third-order valence-electron chi connectivity index (χ3n) is 5.78. The van der Waals surface area contributed by atoms with Gasteiger partial charge >= 0.3 is 12.1 Å². The van der Waals surface area contributed by atoms with E-state index in [1.807, 2.05) is 48.5 Å². The quantitative estimate of drug-likeness (QED) is 0.420. The first kappa shape index (κ1) is 23.3. The first-order valence-corrected chi connectivity index (χ1v) is 10.4. The minimum Gasteiger partial charge on any atom is -0.477 e. The van der Waals surface area contributed by atoms with Crippen LogP contribution in [0.25, 0.3) is 11.1 Å². The van der Waals surface area contributed by atoms with Crippen LogP contribution in [0, 0.1) is 11.6 Å². The van der Waals surface area contributed by atoms with Crippen molar-refractivity contribution in [1.82, 2.24) is 5.32 Å². The monoisotopic (exact) mass is 469 g/mol. The van der Waals surface area contributed by atoms with Gasteiger partial charge in [0.05, 0.1) is 0 Å². The minimum atomic E-state index is -1.80. The molecule has 2 unspecified atom stereocenters. The summed E-state index contributed by atoms with van der Waals surface area (Å²) in [6, 6.07) is 16.9. The molecule has 0 spiro atoms. The fourth-order valence-electron chi connectivity index (χ4n) is 4.14. The lowest BCUT2D eigenvalue weighted by Crippen LogP contribution is -2.36. The number of ether oxygens (including phenoxy) is 1. The minimum absolute atomic E-state index is 0.0472. The molecule has 2 atom stereocenters. The number of rotatable bonds is 7. The lowest BCUT2D eigenvalue weighted by atomic mass is 9.98. The second-order valence-electron chi connectivity index (χ2n) is 7.88. The van der Waals surface area contributed by atoms with Gasteiger partial charge in [0.25, 0.3) is 0 Å². The number of amides is 1. The van der Waals surface area contributed by atoms with Gasteiger partial charge in [-0.05, 0) is 39.9 Å². The average Bonchev–Trinajstić information content (AvgIpc) is 3.13. The van der Waals surface area contributed by atoms with Gasteiger partial charge in [0.1, 0.15) is 36.0 Å². The Morgan fingerprint density at radius 3 is 2.00 bits per heavy atom. The molecule has 7 nitrogen and oxygen atoms in total. The number of aromatic carboxylic acids is 1. The molecule has 34 heavy (non-hydrogen) atoms. The Hall–Kier alpha value is -3.82. The standard InChI is InChI=1S/C25H21F2NO6/c26-19-9-13(10-20(27)22(19)24(31)32)23(30)21(29)11-28-25(33)34-12-18-16-7-3-1-5-14(16)15-6-2-4-8-17(15)18/h1-10,18,21,23,29-30H,11-12H2,(H,28,33)(H,31,32). The van der Waals surface area contributed by atoms with Crippen LogP contribution in [0.5, 0.6) is 0 Å². The molecular weight excluding hydrogens is 448 g/mol. The predicted molar refractivity (Wildman–Crippen MR) is 117 cm³/mol. The van der Waals surface area contributed by atoms with E-state index in [2.05, 4.69) is 5.32 Å². The first-order valence-electron chi connectivity index (χ1n) is 10.4. The van der Waals surface area contributed by atoms with Crippen molar-refractivity contribution in [2.45, 2.75) is 18.1 Å². The van der Waals surface area contributed by atoms with E-state index in [0.717, 1.165) is 22.3 Å². The number of alkyl carbamates (subject to hydrolysis) is 1. The van der Waals surface area contributed by atoms with Crippen molar-refractivity contribution < 1.29 is 38.4 Å². The van der Waals surface area contributed by atoms with Gasteiger partial charge < -0.3 is 25.4 Å². The summed E-state index contributed by atoms with van der Waals surface area (Å²) in [5.41, 5.74) is 2.66. The SMILES string of the molecule is O=C(NCC(O)C(O)c1cc(F)c(C(=O)O)c(F)c1)OCC1c2ccccc2-c2ccccc21. The van der Waals surface area contributed by atoms with E-state index >= 15 is 0 Å². The number of carboxylic acids is 1. The van der Waals surface area contributed by atoms with Crippen LogP contribution in [-0.4, -0.2) is 46.6 Å². The summed E-state index contributed by atoms with van der Waals surface area (Å²) >= 11 is 0. The molecule has 4 rings (SSSR count). The highest BCUT2D eigenvalue weighted by Gasteiger charge is 2.29. The molecule has 3 aromatic carbocycles. The molecule has 0 aromatic heterocycles. The summed E-state index contributed by atoms with van der Waals surface area (Å²) in [4.78, 5) is 23.1. The van der Waals surface area contributed by atoms with Gasteiger partial charge in [-0.1, -0.05) is 48.5 Å². The van der Waals surface area contributed by atoms with Crippen LogP contribution in [0.2, 0.25) is 0 Å². The van der Waals surface area contributed by atoms with E-state index in [1.54, 1.807) is 0 Å². The number of aliphatic hydroxyl groups excluding tert-OH is 2. The van der Waals surface area contributed by atoms with Crippen molar-refractivity contribution in [3.63, 3.8) is 0 Å². The zero-order chi connectivity index (χ0) is 24.4. The Bertz CT molecular complexity index is 1180. The Labute approximate surface area is 193 Å². The van der Waals surface area contributed by atoms with E-state index in [-0.39, 0.29) is 18.1 Å². The van der Waals surface area contributed by atoms with Crippen molar-refractivity contribution in [1.29, 1.82) is 0 Å². The molecule has 0 fully saturated rings. The number of hydrogen-bond acceptors (Lipinski definition) is 5. The highest BCUT2D eigenvalue weighted by molar-refractivity contribution is 5.88. The van der Waals surface area contributed by atoms with Gasteiger partial charge in [0, 0.05) is 12.5 Å². The lowest BCUT2D eigenvalue weighted by molar-refractivity contribution is 0.0181. The van der Waals surface area contributed by atoms with Crippen LogP contribution in [0.15, 0.2) is 60.7 Å². The lowest BCUT2D eigenvalue weighted by Gasteiger charge is -2.20. The number of carboxylic acid groups (broad SMARTS) is 1.